The Balaban J connectivity index is 3.51. The van der Waals surface area contributed by atoms with Crippen LogP contribution in [-0.4, -0.2) is 16.3 Å². The zero-order valence-corrected chi connectivity index (χ0v) is 8.96. The summed E-state index contributed by atoms with van der Waals surface area (Å²) in [5.41, 5.74) is -2.80. The molecule has 5 nitrogen and oxygen atoms in total. The van der Waals surface area contributed by atoms with Crippen molar-refractivity contribution < 1.29 is 36.0 Å². The summed E-state index contributed by atoms with van der Waals surface area (Å²) in [4.78, 5) is 12.1. The summed E-state index contributed by atoms with van der Waals surface area (Å²) in [7, 11) is 0. The average molecular weight is 290 g/mol. The second-order valence-electron chi connectivity index (χ2n) is 3.25. The fourth-order valence-corrected chi connectivity index (χ4v) is 1.22. The van der Waals surface area contributed by atoms with Crippen LogP contribution >= 0.6 is 0 Å². The van der Waals surface area contributed by atoms with Gasteiger partial charge in [-0.2, -0.15) is 13.2 Å². The quantitative estimate of drug-likeness (QED) is 0.476. The maximum atomic E-state index is 12.5. The topological polar surface area (TPSA) is 65.3 Å². The van der Waals surface area contributed by atoms with E-state index in [0.29, 0.717) is 6.92 Å². The van der Waals surface area contributed by atoms with Gasteiger partial charge in [-0.15, -0.1) is 13.2 Å². The van der Waals surface area contributed by atoms with E-state index in [9.17, 15) is 36.5 Å². The van der Waals surface area contributed by atoms with E-state index < -0.39 is 40.2 Å². The molecule has 0 atom stereocenters. The predicted octanol–water partition coefficient (Wildman–Crippen LogP) is 3.22. The van der Waals surface area contributed by atoms with Crippen LogP contribution in [0.1, 0.15) is 11.1 Å². The van der Waals surface area contributed by atoms with Crippen LogP contribution in [-0.2, 0) is 6.18 Å². The van der Waals surface area contributed by atoms with Gasteiger partial charge in [0.2, 0.25) is 0 Å². The van der Waals surface area contributed by atoms with Crippen LogP contribution < -0.4 is 4.74 Å². The number of pyridine rings is 1. The van der Waals surface area contributed by atoms with E-state index in [-0.39, 0.29) is 6.20 Å². The summed E-state index contributed by atoms with van der Waals surface area (Å²) in [5, 5.41) is 10.4. The van der Waals surface area contributed by atoms with Crippen molar-refractivity contribution in [3.05, 3.63) is 27.4 Å². The van der Waals surface area contributed by atoms with E-state index in [1.54, 1.807) is 0 Å². The van der Waals surface area contributed by atoms with Crippen molar-refractivity contribution in [1.29, 1.82) is 0 Å². The molecule has 1 aromatic rings. The zero-order valence-electron chi connectivity index (χ0n) is 8.96. The second-order valence-corrected chi connectivity index (χ2v) is 3.25. The minimum absolute atomic E-state index is 0.0772. The Morgan fingerprint density at radius 3 is 2.16 bits per heavy atom. The van der Waals surface area contributed by atoms with Gasteiger partial charge in [0.25, 0.3) is 0 Å². The van der Waals surface area contributed by atoms with Gasteiger partial charge >= 0.3 is 18.4 Å². The largest absolute Gasteiger partial charge is 0.573 e. The molecule has 0 saturated carbocycles. The molecule has 0 N–H and O–H groups in total. The number of nitro groups is 1. The van der Waals surface area contributed by atoms with Crippen LogP contribution in [0.3, 0.4) is 0 Å². The van der Waals surface area contributed by atoms with Crippen LogP contribution in [0.25, 0.3) is 0 Å². The van der Waals surface area contributed by atoms with E-state index in [1.165, 1.54) is 0 Å². The van der Waals surface area contributed by atoms with Gasteiger partial charge < -0.3 is 14.9 Å². The van der Waals surface area contributed by atoms with Crippen LogP contribution in [0.5, 0.6) is 5.75 Å². The smallest absolute Gasteiger partial charge is 0.404 e. The molecule has 1 aromatic heterocycles. The van der Waals surface area contributed by atoms with Gasteiger partial charge in [-0.3, -0.25) is 0 Å². The first-order valence-corrected chi connectivity index (χ1v) is 4.40. The summed E-state index contributed by atoms with van der Waals surface area (Å²) in [5.74, 6) is -2.83. The molecule has 11 heteroatoms. The molecule has 106 valence electrons. The molecule has 0 bridgehead atoms. The number of rotatable bonds is 2. The lowest BCUT2D eigenvalue weighted by atomic mass is 10.1. The predicted molar refractivity (Wildman–Crippen MR) is 47.3 cm³/mol. The minimum atomic E-state index is -5.42. The molecule has 0 saturated heterocycles. The van der Waals surface area contributed by atoms with Gasteiger partial charge in [0.05, 0.1) is 5.56 Å². The highest BCUT2D eigenvalue weighted by Gasteiger charge is 2.43. The Kier molecular flexibility index (Phi) is 3.59. The highest BCUT2D eigenvalue weighted by molar-refractivity contribution is 5.49. The number of ether oxygens (including phenoxy) is 1. The Labute approximate surface area is 101 Å². The molecular formula is C8H4F6N2O3. The molecule has 0 aliphatic rings. The summed E-state index contributed by atoms with van der Waals surface area (Å²) in [6, 6.07) is 0. The summed E-state index contributed by atoms with van der Waals surface area (Å²) in [6.07, 6.45) is -10.7. The van der Waals surface area contributed by atoms with Crippen molar-refractivity contribution in [2.45, 2.75) is 19.5 Å². The lowest BCUT2D eigenvalue weighted by Gasteiger charge is -2.15. The van der Waals surface area contributed by atoms with Crippen LogP contribution in [0.2, 0.25) is 0 Å². The third-order valence-electron chi connectivity index (χ3n) is 1.93. The summed E-state index contributed by atoms with van der Waals surface area (Å²) in [6.45, 7) is 0.682. The number of hydrogen-bond donors (Lipinski definition) is 0. The Hall–Kier alpha value is -2.07. The molecule has 0 aromatic carbocycles. The van der Waals surface area contributed by atoms with Crippen molar-refractivity contribution in [2.24, 2.45) is 0 Å². The van der Waals surface area contributed by atoms with Gasteiger partial charge in [0.1, 0.15) is 5.56 Å². The standard InChI is InChI=1S/C8H4F6N2O3/c1-3-5(19-8(12,13)14)4(7(9,10)11)2-15-6(3)16(17)18/h2H,1H3. The highest BCUT2D eigenvalue weighted by atomic mass is 19.4. The van der Waals surface area contributed by atoms with Gasteiger partial charge in [-0.05, 0) is 16.8 Å². The summed E-state index contributed by atoms with van der Waals surface area (Å²) < 4.78 is 76.8. The molecule has 1 heterocycles. The van der Waals surface area contributed by atoms with Gasteiger partial charge in [-0.25, -0.2) is 0 Å². The molecule has 0 fully saturated rings. The number of nitrogens with zero attached hydrogens (tertiary/aromatic N) is 2. The third-order valence-corrected chi connectivity index (χ3v) is 1.93. The lowest BCUT2D eigenvalue weighted by Crippen LogP contribution is -2.21. The normalized spacial score (nSPS) is 12.4. The van der Waals surface area contributed by atoms with Crippen molar-refractivity contribution in [3.63, 3.8) is 0 Å². The number of alkyl halides is 6. The Bertz CT molecular complexity index is 510. The van der Waals surface area contributed by atoms with Crippen molar-refractivity contribution in [1.82, 2.24) is 4.98 Å². The molecule has 0 amide bonds. The van der Waals surface area contributed by atoms with Crippen LogP contribution in [0.15, 0.2) is 6.20 Å². The average Bonchev–Trinajstić information content (AvgIpc) is 2.16. The minimum Gasteiger partial charge on any atom is -0.404 e. The molecule has 0 aliphatic heterocycles. The molecule has 19 heavy (non-hydrogen) atoms. The summed E-state index contributed by atoms with van der Waals surface area (Å²) >= 11 is 0. The molecule has 0 aliphatic carbocycles. The fraction of sp³-hybridized carbons (Fsp3) is 0.375. The van der Waals surface area contributed by atoms with Crippen LogP contribution in [0.4, 0.5) is 32.2 Å². The maximum absolute atomic E-state index is 12.5. The lowest BCUT2D eigenvalue weighted by molar-refractivity contribution is -0.390. The first kappa shape index (κ1) is 15.0. The highest BCUT2D eigenvalue weighted by Crippen LogP contribution is 2.41. The van der Waals surface area contributed by atoms with Crippen LogP contribution in [0, 0.1) is 17.0 Å². The van der Waals surface area contributed by atoms with Gasteiger partial charge in [-0.1, -0.05) is 0 Å². The first-order valence-electron chi connectivity index (χ1n) is 4.40. The van der Waals surface area contributed by atoms with E-state index in [0.717, 1.165) is 0 Å². The zero-order chi connectivity index (χ0) is 15.0. The molecule has 1 rings (SSSR count). The Morgan fingerprint density at radius 2 is 1.79 bits per heavy atom. The van der Waals surface area contributed by atoms with E-state index in [2.05, 4.69) is 9.72 Å². The van der Waals surface area contributed by atoms with Crippen molar-refractivity contribution >= 4 is 5.82 Å². The second kappa shape index (κ2) is 4.55. The van der Waals surface area contributed by atoms with Crippen molar-refractivity contribution in [3.8, 4) is 5.75 Å². The van der Waals surface area contributed by atoms with Crippen molar-refractivity contribution in [2.75, 3.05) is 0 Å². The molecule has 0 unspecified atom stereocenters. The van der Waals surface area contributed by atoms with Gasteiger partial charge in [0.15, 0.2) is 11.9 Å². The number of aromatic nitrogens is 1. The number of hydrogen-bond acceptors (Lipinski definition) is 4. The monoisotopic (exact) mass is 290 g/mol. The SMILES string of the molecule is Cc1c([N+](=O)[O-])ncc(C(F)(F)F)c1OC(F)(F)F. The number of halogens is 6. The van der Waals surface area contributed by atoms with E-state index in [4.69, 9.17) is 0 Å². The molecule has 0 radical (unpaired) electrons. The molecule has 0 spiro atoms. The third kappa shape index (κ3) is 3.45. The first-order chi connectivity index (χ1) is 8.43. The van der Waals surface area contributed by atoms with E-state index >= 15 is 0 Å². The Morgan fingerprint density at radius 1 is 1.26 bits per heavy atom. The fourth-order valence-electron chi connectivity index (χ4n) is 1.22. The van der Waals surface area contributed by atoms with Gasteiger partial charge in [0, 0.05) is 0 Å². The molecular weight excluding hydrogens is 286 g/mol. The van der Waals surface area contributed by atoms with E-state index in [1.807, 2.05) is 0 Å². The maximum Gasteiger partial charge on any atom is 0.573 e.